The summed E-state index contributed by atoms with van der Waals surface area (Å²) in [5, 5.41) is 5.91. The lowest BCUT2D eigenvalue weighted by molar-refractivity contribution is 0.102. The SMILES string of the molecule is CCNc1ncccc1C(=O)Nc1cccnc1C. The first-order chi connectivity index (χ1) is 9.22. The summed E-state index contributed by atoms with van der Waals surface area (Å²) >= 11 is 0. The van der Waals surface area contributed by atoms with Gasteiger partial charge in [-0.3, -0.25) is 9.78 Å². The van der Waals surface area contributed by atoms with Crippen molar-refractivity contribution in [3.63, 3.8) is 0 Å². The van der Waals surface area contributed by atoms with Gasteiger partial charge in [-0.05, 0) is 38.1 Å². The van der Waals surface area contributed by atoms with Crippen LogP contribution < -0.4 is 10.6 Å². The Hall–Kier alpha value is -2.43. The molecule has 0 aliphatic heterocycles. The molecule has 1 amide bonds. The fraction of sp³-hybridized carbons (Fsp3) is 0.214. The van der Waals surface area contributed by atoms with Crippen molar-refractivity contribution < 1.29 is 4.79 Å². The highest BCUT2D eigenvalue weighted by Gasteiger charge is 2.12. The second-order valence-electron chi connectivity index (χ2n) is 4.02. The van der Waals surface area contributed by atoms with E-state index in [1.54, 1.807) is 30.6 Å². The van der Waals surface area contributed by atoms with Crippen LogP contribution in [0.5, 0.6) is 0 Å². The van der Waals surface area contributed by atoms with Gasteiger partial charge in [-0.2, -0.15) is 0 Å². The van der Waals surface area contributed by atoms with Gasteiger partial charge in [0.25, 0.3) is 5.91 Å². The molecule has 0 spiro atoms. The minimum absolute atomic E-state index is 0.194. The maximum Gasteiger partial charge on any atom is 0.259 e. The topological polar surface area (TPSA) is 66.9 Å². The highest BCUT2D eigenvalue weighted by Crippen LogP contribution is 2.16. The smallest absolute Gasteiger partial charge is 0.259 e. The third-order valence-corrected chi connectivity index (χ3v) is 2.65. The maximum atomic E-state index is 12.2. The van der Waals surface area contributed by atoms with Crippen LogP contribution in [0.1, 0.15) is 23.0 Å². The Morgan fingerprint density at radius 2 is 1.95 bits per heavy atom. The molecule has 2 heterocycles. The molecule has 0 saturated heterocycles. The summed E-state index contributed by atoms with van der Waals surface area (Å²) in [6.45, 7) is 4.52. The van der Waals surface area contributed by atoms with E-state index in [1.807, 2.05) is 19.9 Å². The van der Waals surface area contributed by atoms with Crippen LogP contribution in [0.25, 0.3) is 0 Å². The molecule has 2 aromatic heterocycles. The number of amides is 1. The van der Waals surface area contributed by atoms with Gasteiger partial charge in [0, 0.05) is 18.9 Å². The molecule has 5 nitrogen and oxygen atoms in total. The lowest BCUT2D eigenvalue weighted by Crippen LogP contribution is -2.16. The Labute approximate surface area is 112 Å². The van der Waals surface area contributed by atoms with Gasteiger partial charge in [0.05, 0.1) is 16.9 Å². The summed E-state index contributed by atoms with van der Waals surface area (Å²) in [5.41, 5.74) is 2.01. The summed E-state index contributed by atoms with van der Waals surface area (Å²) in [6.07, 6.45) is 3.35. The molecule has 0 aromatic carbocycles. The second kappa shape index (κ2) is 5.95. The monoisotopic (exact) mass is 256 g/mol. The Bertz CT molecular complexity index is 583. The molecule has 2 N–H and O–H groups in total. The van der Waals surface area contributed by atoms with Crippen molar-refractivity contribution >= 4 is 17.4 Å². The molecule has 0 bridgehead atoms. The average molecular weight is 256 g/mol. The molecule has 2 rings (SSSR count). The van der Waals surface area contributed by atoms with E-state index in [2.05, 4.69) is 20.6 Å². The second-order valence-corrected chi connectivity index (χ2v) is 4.02. The molecular weight excluding hydrogens is 240 g/mol. The van der Waals surface area contributed by atoms with E-state index >= 15 is 0 Å². The van der Waals surface area contributed by atoms with Crippen LogP contribution >= 0.6 is 0 Å². The number of pyridine rings is 2. The van der Waals surface area contributed by atoms with Crippen LogP contribution in [0.2, 0.25) is 0 Å². The fourth-order valence-corrected chi connectivity index (χ4v) is 1.70. The summed E-state index contributed by atoms with van der Waals surface area (Å²) in [7, 11) is 0. The highest BCUT2D eigenvalue weighted by atomic mass is 16.1. The largest absolute Gasteiger partial charge is 0.370 e. The van der Waals surface area contributed by atoms with E-state index < -0.39 is 0 Å². The van der Waals surface area contributed by atoms with Gasteiger partial charge in [0.1, 0.15) is 5.82 Å². The van der Waals surface area contributed by atoms with Gasteiger partial charge in [-0.1, -0.05) is 0 Å². The highest BCUT2D eigenvalue weighted by molar-refractivity contribution is 6.07. The van der Waals surface area contributed by atoms with E-state index in [-0.39, 0.29) is 5.91 Å². The number of aromatic nitrogens is 2. The molecule has 5 heteroatoms. The number of hydrogen-bond acceptors (Lipinski definition) is 4. The summed E-state index contributed by atoms with van der Waals surface area (Å²) in [4.78, 5) is 20.5. The predicted molar refractivity (Wildman–Crippen MR) is 75.3 cm³/mol. The summed E-state index contributed by atoms with van der Waals surface area (Å²) < 4.78 is 0. The van der Waals surface area contributed by atoms with Crippen molar-refractivity contribution in [1.29, 1.82) is 0 Å². The minimum Gasteiger partial charge on any atom is -0.370 e. The van der Waals surface area contributed by atoms with Crippen molar-refractivity contribution in [3.05, 3.63) is 47.9 Å². The standard InChI is InChI=1S/C14H16N4O/c1-3-15-13-11(6-4-9-17-13)14(19)18-12-7-5-8-16-10(12)2/h4-9H,3H2,1-2H3,(H,15,17)(H,18,19). The minimum atomic E-state index is -0.194. The third-order valence-electron chi connectivity index (χ3n) is 2.65. The number of carbonyl (C=O) groups excluding carboxylic acids is 1. The number of anilines is 2. The zero-order chi connectivity index (χ0) is 13.7. The molecule has 0 aliphatic carbocycles. The van der Waals surface area contributed by atoms with E-state index in [4.69, 9.17) is 0 Å². The van der Waals surface area contributed by atoms with Crippen molar-refractivity contribution in [1.82, 2.24) is 9.97 Å². The number of nitrogens with zero attached hydrogens (tertiary/aromatic N) is 2. The quantitative estimate of drug-likeness (QED) is 0.881. The maximum absolute atomic E-state index is 12.2. The fourth-order valence-electron chi connectivity index (χ4n) is 1.70. The van der Waals surface area contributed by atoms with Crippen LogP contribution in [0, 0.1) is 6.92 Å². The van der Waals surface area contributed by atoms with E-state index in [0.717, 1.165) is 5.69 Å². The number of carbonyl (C=O) groups is 1. The lowest BCUT2D eigenvalue weighted by Gasteiger charge is -2.10. The average Bonchev–Trinajstić information content (AvgIpc) is 2.42. The molecule has 98 valence electrons. The Balaban J connectivity index is 2.23. The molecule has 0 aliphatic rings. The van der Waals surface area contributed by atoms with Gasteiger partial charge in [-0.25, -0.2) is 4.98 Å². The number of rotatable bonds is 4. The zero-order valence-electron chi connectivity index (χ0n) is 11.0. The van der Waals surface area contributed by atoms with Gasteiger partial charge in [0.15, 0.2) is 0 Å². The van der Waals surface area contributed by atoms with Crippen molar-refractivity contribution in [2.45, 2.75) is 13.8 Å². The molecule has 0 saturated carbocycles. The van der Waals surface area contributed by atoms with Crippen LogP contribution in [0.4, 0.5) is 11.5 Å². The van der Waals surface area contributed by atoms with E-state index in [9.17, 15) is 4.79 Å². The van der Waals surface area contributed by atoms with E-state index in [1.165, 1.54) is 0 Å². The molecule has 0 unspecified atom stereocenters. The molecule has 0 atom stereocenters. The summed E-state index contributed by atoms with van der Waals surface area (Å²) in [6, 6.07) is 7.10. The Morgan fingerprint density at radius 3 is 2.68 bits per heavy atom. The number of hydrogen-bond donors (Lipinski definition) is 2. The first-order valence-electron chi connectivity index (χ1n) is 6.14. The van der Waals surface area contributed by atoms with Gasteiger partial charge >= 0.3 is 0 Å². The lowest BCUT2D eigenvalue weighted by atomic mass is 10.2. The number of aryl methyl sites for hydroxylation is 1. The third kappa shape index (κ3) is 3.07. The van der Waals surface area contributed by atoms with Crippen LogP contribution in [-0.2, 0) is 0 Å². The van der Waals surface area contributed by atoms with Gasteiger partial charge in [0.2, 0.25) is 0 Å². The van der Waals surface area contributed by atoms with Crippen LogP contribution in [-0.4, -0.2) is 22.4 Å². The van der Waals surface area contributed by atoms with Gasteiger partial charge < -0.3 is 10.6 Å². The number of nitrogens with one attached hydrogen (secondary N) is 2. The molecule has 2 aromatic rings. The van der Waals surface area contributed by atoms with Crippen LogP contribution in [0.15, 0.2) is 36.7 Å². The first kappa shape index (κ1) is 13.0. The Morgan fingerprint density at radius 1 is 1.21 bits per heavy atom. The molecule has 0 radical (unpaired) electrons. The van der Waals surface area contributed by atoms with Crippen molar-refractivity contribution in [2.75, 3.05) is 17.2 Å². The molecule has 0 fully saturated rings. The van der Waals surface area contributed by atoms with Gasteiger partial charge in [-0.15, -0.1) is 0 Å². The summed E-state index contributed by atoms with van der Waals surface area (Å²) in [5.74, 6) is 0.393. The van der Waals surface area contributed by atoms with Crippen LogP contribution in [0.3, 0.4) is 0 Å². The Kier molecular flexibility index (Phi) is 4.07. The molecule has 19 heavy (non-hydrogen) atoms. The van der Waals surface area contributed by atoms with Crippen molar-refractivity contribution in [2.24, 2.45) is 0 Å². The normalized spacial score (nSPS) is 10.0. The van der Waals surface area contributed by atoms with Crippen molar-refractivity contribution in [3.8, 4) is 0 Å². The predicted octanol–water partition coefficient (Wildman–Crippen LogP) is 2.47. The first-order valence-corrected chi connectivity index (χ1v) is 6.14. The molecular formula is C14H16N4O. The van der Waals surface area contributed by atoms with E-state index in [0.29, 0.717) is 23.6 Å². The zero-order valence-corrected chi connectivity index (χ0v) is 11.0.